The molecule has 4 aromatic rings. The van der Waals surface area contributed by atoms with E-state index in [1.165, 1.54) is 10.7 Å². The molecular weight excluding hydrogens is 574 g/mol. The number of halogens is 1. The van der Waals surface area contributed by atoms with Crippen LogP contribution in [0, 0.1) is 0 Å². The van der Waals surface area contributed by atoms with Gasteiger partial charge in [0.25, 0.3) is 5.56 Å². The van der Waals surface area contributed by atoms with Crippen molar-refractivity contribution in [2.24, 2.45) is 5.10 Å². The number of rotatable bonds is 12. The summed E-state index contributed by atoms with van der Waals surface area (Å²) in [7, 11) is 1.55. The van der Waals surface area contributed by atoms with Gasteiger partial charge in [0.15, 0.2) is 11.5 Å². The third-order valence-corrected chi connectivity index (χ3v) is 6.74. The molecule has 0 spiro atoms. The van der Waals surface area contributed by atoms with E-state index in [0.717, 1.165) is 22.9 Å². The summed E-state index contributed by atoms with van der Waals surface area (Å²) in [5, 5.41) is 14.3. The van der Waals surface area contributed by atoms with Crippen molar-refractivity contribution < 1.29 is 19.4 Å². The predicted molar refractivity (Wildman–Crippen MR) is 160 cm³/mol. The average molecular weight is 605 g/mol. The Morgan fingerprint density at radius 2 is 2.02 bits per heavy atom. The molecule has 4 rings (SSSR count). The number of fused-ring (bicyclic) bond motifs is 1. The van der Waals surface area contributed by atoms with E-state index in [1.807, 2.05) is 18.2 Å². The summed E-state index contributed by atoms with van der Waals surface area (Å²) in [5.74, 6) is 0.606. The lowest BCUT2D eigenvalue weighted by molar-refractivity contribution is 0.0696. The van der Waals surface area contributed by atoms with Gasteiger partial charge in [-0.2, -0.15) is 9.78 Å². The summed E-state index contributed by atoms with van der Waals surface area (Å²) in [6.07, 6.45) is 6.32. The molecule has 206 valence electrons. The summed E-state index contributed by atoms with van der Waals surface area (Å²) in [5.41, 5.74) is 2.81. The molecule has 0 aliphatic carbocycles. The van der Waals surface area contributed by atoms with Gasteiger partial charge in [-0.1, -0.05) is 47.5 Å². The first-order valence-electron chi connectivity index (χ1n) is 12.9. The van der Waals surface area contributed by atoms with Crippen LogP contribution >= 0.6 is 15.9 Å². The van der Waals surface area contributed by atoms with Crippen molar-refractivity contribution in [2.45, 2.75) is 39.2 Å². The zero-order valence-electron chi connectivity index (χ0n) is 22.4. The summed E-state index contributed by atoms with van der Waals surface area (Å²) in [4.78, 5) is 29.5. The van der Waals surface area contributed by atoms with Gasteiger partial charge < -0.3 is 14.6 Å². The molecule has 9 heteroatoms. The van der Waals surface area contributed by atoms with E-state index in [4.69, 9.17) is 14.5 Å². The maximum atomic E-state index is 13.4. The first-order chi connectivity index (χ1) is 19.3. The molecule has 0 radical (unpaired) electrons. The van der Waals surface area contributed by atoms with Gasteiger partial charge in [-0.3, -0.25) is 4.79 Å². The van der Waals surface area contributed by atoms with Crippen LogP contribution in [0.5, 0.6) is 11.5 Å². The molecule has 40 heavy (non-hydrogen) atoms. The third-order valence-electron chi connectivity index (χ3n) is 6.25. The van der Waals surface area contributed by atoms with Gasteiger partial charge in [0.1, 0.15) is 12.4 Å². The Bertz CT molecular complexity index is 1640. The fourth-order valence-electron chi connectivity index (χ4n) is 4.27. The van der Waals surface area contributed by atoms with Crippen LogP contribution in [0.3, 0.4) is 0 Å². The highest BCUT2D eigenvalue weighted by molar-refractivity contribution is 9.10. The highest BCUT2D eigenvalue weighted by Gasteiger charge is 2.15. The minimum atomic E-state index is -0.998. The molecule has 1 heterocycles. The minimum Gasteiger partial charge on any atom is -0.493 e. The van der Waals surface area contributed by atoms with E-state index >= 15 is 0 Å². The van der Waals surface area contributed by atoms with Gasteiger partial charge in [0.05, 0.1) is 29.8 Å². The Labute approximate surface area is 240 Å². The van der Waals surface area contributed by atoms with Crippen molar-refractivity contribution in [3.63, 3.8) is 0 Å². The van der Waals surface area contributed by atoms with E-state index in [9.17, 15) is 14.7 Å². The number of hydrogen-bond acceptors (Lipinski definition) is 6. The summed E-state index contributed by atoms with van der Waals surface area (Å²) < 4.78 is 13.9. The highest BCUT2D eigenvalue weighted by Crippen LogP contribution is 2.34. The lowest BCUT2D eigenvalue weighted by atomic mass is 10.1. The monoisotopic (exact) mass is 603 g/mol. The summed E-state index contributed by atoms with van der Waals surface area (Å²) in [6.45, 7) is 6.10. The molecule has 0 fully saturated rings. The number of hydrogen-bond donors (Lipinski definition) is 1. The lowest BCUT2D eigenvalue weighted by Crippen LogP contribution is -2.22. The fraction of sp³-hybridized carbons (Fsp3) is 0.226. The normalized spacial score (nSPS) is 11.2. The second-order valence-corrected chi connectivity index (χ2v) is 10.1. The van der Waals surface area contributed by atoms with Crippen LogP contribution in [0.15, 0.2) is 81.6 Å². The van der Waals surface area contributed by atoms with Gasteiger partial charge in [0, 0.05) is 16.5 Å². The number of nitrogens with zero attached hydrogens (tertiary/aromatic N) is 3. The van der Waals surface area contributed by atoms with Crippen LogP contribution in [0.2, 0.25) is 0 Å². The molecule has 0 amide bonds. The maximum Gasteiger partial charge on any atom is 0.335 e. The second kappa shape index (κ2) is 13.2. The number of unbranched alkanes of at least 4 members (excludes halogenated alkanes) is 1. The lowest BCUT2D eigenvalue weighted by Gasteiger charge is -2.16. The average Bonchev–Trinajstić information content (AvgIpc) is 2.95. The third kappa shape index (κ3) is 6.66. The summed E-state index contributed by atoms with van der Waals surface area (Å²) in [6, 6.07) is 15.7. The van der Waals surface area contributed by atoms with Gasteiger partial charge in [-0.15, -0.1) is 6.58 Å². The fourth-order valence-corrected chi connectivity index (χ4v) is 4.63. The number of allylic oxidation sites excluding steroid dienone is 1. The molecule has 1 N–H and O–H groups in total. The van der Waals surface area contributed by atoms with E-state index in [1.54, 1.807) is 49.7 Å². The zero-order chi connectivity index (χ0) is 28.6. The molecular formula is C31H30BrN3O5. The molecule has 0 atom stereocenters. The van der Waals surface area contributed by atoms with Crippen LogP contribution in [0.25, 0.3) is 10.9 Å². The Kier molecular flexibility index (Phi) is 9.50. The van der Waals surface area contributed by atoms with E-state index < -0.39 is 5.97 Å². The number of aromatic nitrogens is 2. The Morgan fingerprint density at radius 1 is 1.20 bits per heavy atom. The largest absolute Gasteiger partial charge is 0.493 e. The molecule has 0 unspecified atom stereocenters. The second-order valence-electron chi connectivity index (χ2n) is 9.15. The molecule has 0 saturated heterocycles. The van der Waals surface area contributed by atoms with E-state index in [0.29, 0.717) is 52.2 Å². The number of aryl methyl sites for hydroxylation is 1. The quantitative estimate of drug-likeness (QED) is 0.148. The highest BCUT2D eigenvalue weighted by atomic mass is 79.9. The van der Waals surface area contributed by atoms with Crippen molar-refractivity contribution in [1.29, 1.82) is 0 Å². The summed E-state index contributed by atoms with van der Waals surface area (Å²) >= 11 is 3.44. The molecule has 0 aliphatic rings. The molecule has 0 aliphatic heterocycles. The number of ether oxygens (including phenoxy) is 2. The zero-order valence-corrected chi connectivity index (χ0v) is 24.0. The van der Waals surface area contributed by atoms with E-state index in [2.05, 4.69) is 34.5 Å². The topological polar surface area (TPSA) is 103 Å². The van der Waals surface area contributed by atoms with Gasteiger partial charge in [-0.25, -0.2) is 9.78 Å². The maximum absolute atomic E-state index is 13.4. The molecule has 3 aromatic carbocycles. The first kappa shape index (κ1) is 28.8. The smallest absolute Gasteiger partial charge is 0.335 e. The molecule has 8 nitrogen and oxygen atoms in total. The van der Waals surface area contributed by atoms with Crippen LogP contribution < -0.4 is 15.0 Å². The van der Waals surface area contributed by atoms with Crippen molar-refractivity contribution in [2.75, 3.05) is 7.11 Å². The number of aromatic carboxylic acids is 1. The molecule has 0 saturated carbocycles. The van der Waals surface area contributed by atoms with Gasteiger partial charge >= 0.3 is 5.97 Å². The van der Waals surface area contributed by atoms with Crippen LogP contribution in [-0.2, 0) is 19.4 Å². The number of methoxy groups -OCH3 is 1. The van der Waals surface area contributed by atoms with Gasteiger partial charge in [-0.05, 0) is 66.4 Å². The molecule has 1 aromatic heterocycles. The van der Waals surface area contributed by atoms with Gasteiger partial charge in [0.2, 0.25) is 0 Å². The Balaban J connectivity index is 1.71. The van der Waals surface area contributed by atoms with Crippen LogP contribution in [0.4, 0.5) is 0 Å². The van der Waals surface area contributed by atoms with Crippen molar-refractivity contribution in [3.05, 3.63) is 110 Å². The standard InChI is InChI=1S/C31H30BrN3O5/c1-4-6-11-28-34-26-13-12-24(32)17-25(26)30(36)35(28)33-18-21-15-22(8-5-2)29(27(16-21)39-3)40-19-20-9-7-10-23(14-20)31(37)38/h5,7,9-10,12-18H,2,4,6,8,11,19H2,1,3H3,(H,37,38). The first-order valence-corrected chi connectivity index (χ1v) is 13.7. The van der Waals surface area contributed by atoms with Crippen molar-refractivity contribution >= 4 is 39.0 Å². The van der Waals surface area contributed by atoms with E-state index in [-0.39, 0.29) is 17.7 Å². The Hall–Kier alpha value is -4.24. The predicted octanol–water partition coefficient (Wildman–Crippen LogP) is 6.40. The van der Waals surface area contributed by atoms with Crippen molar-refractivity contribution in [3.8, 4) is 11.5 Å². The Morgan fingerprint density at radius 3 is 2.75 bits per heavy atom. The molecule has 0 bridgehead atoms. The minimum absolute atomic E-state index is 0.156. The number of carbonyl (C=O) groups is 1. The van der Waals surface area contributed by atoms with Crippen LogP contribution in [-0.4, -0.2) is 34.1 Å². The van der Waals surface area contributed by atoms with Crippen LogP contribution in [0.1, 0.15) is 52.6 Å². The van der Waals surface area contributed by atoms with Crippen molar-refractivity contribution in [1.82, 2.24) is 9.66 Å². The number of carboxylic acids is 1. The number of carboxylic acid groups (broad SMARTS) is 1. The SMILES string of the molecule is C=CCc1cc(C=Nn2c(CCCC)nc3ccc(Br)cc3c2=O)cc(OC)c1OCc1cccc(C(=O)O)c1. The number of benzene rings is 3.